The number of aliphatic hydroxyl groups is 2. The lowest BCUT2D eigenvalue weighted by Gasteiger charge is -2.41. The molecule has 0 radical (unpaired) electrons. The van der Waals surface area contributed by atoms with E-state index in [4.69, 9.17) is 0 Å². The van der Waals surface area contributed by atoms with E-state index in [0.29, 0.717) is 24.7 Å². The minimum atomic E-state index is -1.58. The van der Waals surface area contributed by atoms with Crippen LogP contribution in [-0.2, 0) is 0 Å². The van der Waals surface area contributed by atoms with Gasteiger partial charge in [0.1, 0.15) is 11.6 Å². The van der Waals surface area contributed by atoms with Gasteiger partial charge in [-0.1, -0.05) is 13.2 Å². The fourth-order valence-electron chi connectivity index (χ4n) is 3.07. The van der Waals surface area contributed by atoms with E-state index in [-0.39, 0.29) is 0 Å². The Morgan fingerprint density at radius 3 is 1.50 bits per heavy atom. The van der Waals surface area contributed by atoms with Crippen LogP contribution in [0.4, 0.5) is 0 Å². The lowest BCUT2D eigenvalue weighted by molar-refractivity contribution is -0.290. The summed E-state index contributed by atoms with van der Waals surface area (Å²) >= 11 is 0. The second kappa shape index (κ2) is 3.55. The Kier molecular flexibility index (Phi) is 2.57. The number of hydrogen-bond acceptors (Lipinski definition) is 6. The maximum atomic E-state index is 11.1. The molecule has 102 valence electrons. The van der Waals surface area contributed by atoms with Crippen molar-refractivity contribution in [3.63, 3.8) is 0 Å². The van der Waals surface area contributed by atoms with E-state index >= 15 is 0 Å². The number of hydrogen-bond donors (Lipinski definition) is 2. The van der Waals surface area contributed by atoms with Crippen molar-refractivity contribution in [2.24, 2.45) is 0 Å². The van der Waals surface area contributed by atoms with Gasteiger partial charge in [-0.3, -0.25) is 0 Å². The SMILES string of the molecule is C=C1N(C)C2(O)N(C)C(=C)N(CC)C2(O)N1CC. The van der Waals surface area contributed by atoms with Crippen molar-refractivity contribution in [1.82, 2.24) is 19.6 Å². The standard InChI is InChI=1S/C12H22N4O2/c1-7-15-9(3)13(5)11(17)12(15,18)16(8-2)10(4)14(11)6/h17-18H,3-4,7-8H2,1-2,5-6H3. The van der Waals surface area contributed by atoms with Gasteiger partial charge in [0.25, 0.3) is 11.7 Å². The Labute approximate surface area is 108 Å². The molecule has 0 saturated carbocycles. The molecule has 18 heavy (non-hydrogen) atoms. The second-order valence-corrected chi connectivity index (χ2v) is 4.71. The highest BCUT2D eigenvalue weighted by Crippen LogP contribution is 2.51. The Balaban J connectivity index is 2.65. The van der Waals surface area contributed by atoms with Gasteiger partial charge >= 0.3 is 0 Å². The lowest BCUT2D eigenvalue weighted by atomic mass is 10.2. The molecule has 0 bridgehead atoms. The molecule has 6 nitrogen and oxygen atoms in total. The molecule has 2 aliphatic heterocycles. The van der Waals surface area contributed by atoms with Gasteiger partial charge < -0.3 is 29.8 Å². The number of nitrogens with zero attached hydrogens (tertiary/aromatic N) is 4. The fourth-order valence-corrected chi connectivity index (χ4v) is 3.07. The minimum Gasteiger partial charge on any atom is -0.348 e. The first-order valence-electron chi connectivity index (χ1n) is 6.13. The van der Waals surface area contributed by atoms with Crippen molar-refractivity contribution in [3.8, 4) is 0 Å². The number of likely N-dealkylation sites (N-methyl/N-ethyl adjacent to an activating group) is 4. The van der Waals surface area contributed by atoms with Gasteiger partial charge in [0.15, 0.2) is 0 Å². The van der Waals surface area contributed by atoms with Gasteiger partial charge in [-0.25, -0.2) is 0 Å². The van der Waals surface area contributed by atoms with E-state index in [9.17, 15) is 10.2 Å². The quantitative estimate of drug-likeness (QED) is 0.709. The first-order chi connectivity index (χ1) is 8.28. The van der Waals surface area contributed by atoms with Gasteiger partial charge in [0.2, 0.25) is 0 Å². The molecule has 2 saturated heterocycles. The van der Waals surface area contributed by atoms with Crippen LogP contribution in [0.1, 0.15) is 13.8 Å². The molecular formula is C12H22N4O2. The molecule has 0 aromatic rings. The highest BCUT2D eigenvalue weighted by atomic mass is 16.4. The van der Waals surface area contributed by atoms with Crippen molar-refractivity contribution >= 4 is 0 Å². The maximum Gasteiger partial charge on any atom is 0.293 e. The monoisotopic (exact) mass is 254 g/mol. The molecule has 0 spiro atoms. The molecule has 0 unspecified atom stereocenters. The average Bonchev–Trinajstić information content (AvgIpc) is 2.58. The van der Waals surface area contributed by atoms with Crippen molar-refractivity contribution < 1.29 is 10.2 Å². The van der Waals surface area contributed by atoms with E-state index in [0.717, 1.165) is 0 Å². The smallest absolute Gasteiger partial charge is 0.293 e. The molecule has 0 aromatic heterocycles. The van der Waals surface area contributed by atoms with Crippen LogP contribution in [0.25, 0.3) is 0 Å². The first kappa shape index (κ1) is 13.0. The van der Waals surface area contributed by atoms with Crippen LogP contribution in [-0.4, -0.2) is 68.7 Å². The zero-order valence-electron chi connectivity index (χ0n) is 11.5. The summed E-state index contributed by atoms with van der Waals surface area (Å²) in [6.07, 6.45) is 0. The normalized spacial score (nSPS) is 35.9. The second-order valence-electron chi connectivity index (χ2n) is 4.71. The van der Waals surface area contributed by atoms with E-state index in [1.54, 1.807) is 33.7 Å². The summed E-state index contributed by atoms with van der Waals surface area (Å²) in [5.41, 5.74) is 0. The van der Waals surface area contributed by atoms with Crippen molar-refractivity contribution in [3.05, 3.63) is 24.8 Å². The molecule has 2 rings (SSSR count). The van der Waals surface area contributed by atoms with Crippen LogP contribution in [0.5, 0.6) is 0 Å². The molecular weight excluding hydrogens is 232 g/mol. The van der Waals surface area contributed by atoms with E-state index in [1.807, 2.05) is 13.8 Å². The largest absolute Gasteiger partial charge is 0.348 e. The molecule has 2 aliphatic rings. The van der Waals surface area contributed by atoms with Gasteiger partial charge in [0.05, 0.1) is 0 Å². The third-order valence-electron chi connectivity index (χ3n) is 4.17. The zero-order chi connectivity index (χ0) is 13.9. The van der Waals surface area contributed by atoms with Crippen molar-refractivity contribution in [2.75, 3.05) is 27.2 Å². The van der Waals surface area contributed by atoms with E-state index < -0.39 is 11.7 Å². The summed E-state index contributed by atoms with van der Waals surface area (Å²) in [5.74, 6) is -1.97. The molecule has 2 fully saturated rings. The first-order valence-corrected chi connectivity index (χ1v) is 6.13. The van der Waals surface area contributed by atoms with Crippen molar-refractivity contribution in [1.29, 1.82) is 0 Å². The minimum absolute atomic E-state index is 0.541. The third-order valence-corrected chi connectivity index (χ3v) is 4.17. The summed E-state index contributed by atoms with van der Waals surface area (Å²) < 4.78 is 0. The van der Waals surface area contributed by atoms with Crippen LogP contribution in [0.15, 0.2) is 24.8 Å². The Hall–Kier alpha value is -1.40. The zero-order valence-corrected chi connectivity index (χ0v) is 11.5. The van der Waals surface area contributed by atoms with Gasteiger partial charge in [-0.15, -0.1) is 0 Å². The fraction of sp³-hybridized carbons (Fsp3) is 0.667. The van der Waals surface area contributed by atoms with Gasteiger partial charge in [0, 0.05) is 27.2 Å². The number of fused-ring (bicyclic) bond motifs is 1. The number of rotatable bonds is 2. The Morgan fingerprint density at radius 1 is 0.889 bits per heavy atom. The van der Waals surface area contributed by atoms with E-state index in [1.165, 1.54) is 0 Å². The van der Waals surface area contributed by atoms with Gasteiger partial charge in [-0.2, -0.15) is 0 Å². The highest BCUT2D eigenvalue weighted by molar-refractivity contribution is 5.25. The van der Waals surface area contributed by atoms with Crippen molar-refractivity contribution in [2.45, 2.75) is 25.5 Å². The highest BCUT2D eigenvalue weighted by Gasteiger charge is 2.73. The van der Waals surface area contributed by atoms with Crippen LogP contribution in [0.3, 0.4) is 0 Å². The van der Waals surface area contributed by atoms with Crippen LogP contribution in [0.2, 0.25) is 0 Å². The molecule has 2 heterocycles. The third kappa shape index (κ3) is 1.01. The Bertz CT molecular complexity index is 379. The summed E-state index contributed by atoms with van der Waals surface area (Å²) in [7, 11) is 3.43. The average molecular weight is 254 g/mol. The molecule has 0 aliphatic carbocycles. The molecule has 6 heteroatoms. The predicted molar refractivity (Wildman–Crippen MR) is 68.5 cm³/mol. The summed E-state index contributed by atoms with van der Waals surface area (Å²) in [6, 6.07) is 0. The summed E-state index contributed by atoms with van der Waals surface area (Å²) in [6.45, 7) is 12.8. The molecule has 2 N–H and O–H groups in total. The molecule has 0 atom stereocenters. The molecule has 0 amide bonds. The lowest BCUT2D eigenvalue weighted by Crippen LogP contribution is -2.67. The summed E-state index contributed by atoms with van der Waals surface area (Å²) in [4.78, 5) is 6.53. The maximum absolute atomic E-state index is 11.1. The molecule has 0 aromatic carbocycles. The Morgan fingerprint density at radius 2 is 1.22 bits per heavy atom. The van der Waals surface area contributed by atoms with E-state index in [2.05, 4.69) is 13.2 Å². The van der Waals surface area contributed by atoms with Crippen LogP contribution < -0.4 is 0 Å². The van der Waals surface area contributed by atoms with Crippen LogP contribution >= 0.6 is 0 Å². The van der Waals surface area contributed by atoms with Crippen LogP contribution in [0, 0.1) is 0 Å². The topological polar surface area (TPSA) is 53.4 Å². The summed E-state index contributed by atoms with van der Waals surface area (Å²) in [5, 5.41) is 22.1. The van der Waals surface area contributed by atoms with Gasteiger partial charge in [-0.05, 0) is 13.8 Å². The predicted octanol–water partition coefficient (Wildman–Crippen LogP) is -0.244.